The fraction of sp³-hybridized carbons (Fsp3) is 0.444. The molecule has 132 valence electrons. The molecule has 0 aliphatic carbocycles. The SMILES string of the molecule is COc1cccc(N2CCN(C(=O)c3cnn4c3OCCC4)CC2)c1. The Bertz CT molecular complexity index is 765. The van der Waals surface area contributed by atoms with Gasteiger partial charge in [0, 0.05) is 50.9 Å². The van der Waals surface area contributed by atoms with Crippen molar-refractivity contribution in [1.29, 1.82) is 0 Å². The Morgan fingerprint density at radius 3 is 2.84 bits per heavy atom. The van der Waals surface area contributed by atoms with Crippen molar-refractivity contribution >= 4 is 11.6 Å². The number of carbonyl (C=O) groups excluding carboxylic acids is 1. The predicted molar refractivity (Wildman–Crippen MR) is 93.4 cm³/mol. The maximum atomic E-state index is 12.8. The van der Waals surface area contributed by atoms with E-state index in [1.165, 1.54) is 0 Å². The molecule has 3 heterocycles. The molecule has 1 fully saturated rings. The highest BCUT2D eigenvalue weighted by atomic mass is 16.5. The molecule has 0 N–H and O–H groups in total. The van der Waals surface area contributed by atoms with Gasteiger partial charge in [0.25, 0.3) is 5.91 Å². The van der Waals surface area contributed by atoms with Gasteiger partial charge >= 0.3 is 0 Å². The summed E-state index contributed by atoms with van der Waals surface area (Å²) >= 11 is 0. The summed E-state index contributed by atoms with van der Waals surface area (Å²) in [5.74, 6) is 1.47. The van der Waals surface area contributed by atoms with Crippen LogP contribution in [0.25, 0.3) is 0 Å². The Kier molecular flexibility index (Phi) is 4.21. The second-order valence-electron chi connectivity index (χ2n) is 6.27. The first-order valence-electron chi connectivity index (χ1n) is 8.63. The smallest absolute Gasteiger partial charge is 0.261 e. The van der Waals surface area contributed by atoms with Crippen LogP contribution >= 0.6 is 0 Å². The molecule has 1 saturated heterocycles. The number of nitrogens with zero attached hydrogens (tertiary/aromatic N) is 4. The molecule has 7 nitrogen and oxygen atoms in total. The minimum Gasteiger partial charge on any atom is -0.497 e. The lowest BCUT2D eigenvalue weighted by Gasteiger charge is -2.36. The summed E-state index contributed by atoms with van der Waals surface area (Å²) in [6.45, 7) is 4.41. The molecule has 0 unspecified atom stereocenters. The van der Waals surface area contributed by atoms with Gasteiger partial charge in [-0.15, -0.1) is 0 Å². The largest absolute Gasteiger partial charge is 0.497 e. The number of carbonyl (C=O) groups is 1. The van der Waals surface area contributed by atoms with Crippen LogP contribution in [0.2, 0.25) is 0 Å². The molecule has 2 aliphatic rings. The van der Waals surface area contributed by atoms with Crippen molar-refractivity contribution in [3.05, 3.63) is 36.0 Å². The molecule has 0 spiro atoms. The molecule has 0 saturated carbocycles. The Balaban J connectivity index is 1.43. The van der Waals surface area contributed by atoms with Crippen molar-refractivity contribution in [3.8, 4) is 11.6 Å². The minimum atomic E-state index is 0.00782. The normalized spacial score (nSPS) is 17.0. The van der Waals surface area contributed by atoms with E-state index < -0.39 is 0 Å². The molecule has 4 rings (SSSR count). The average Bonchev–Trinajstić information content (AvgIpc) is 3.12. The van der Waals surface area contributed by atoms with Gasteiger partial charge in [-0.25, -0.2) is 4.68 Å². The van der Waals surface area contributed by atoms with E-state index in [1.807, 2.05) is 23.1 Å². The number of ether oxygens (including phenoxy) is 2. The lowest BCUT2D eigenvalue weighted by atomic mass is 10.2. The molecule has 1 aromatic heterocycles. The number of piperazine rings is 1. The molecule has 1 amide bonds. The Morgan fingerprint density at radius 1 is 1.20 bits per heavy atom. The van der Waals surface area contributed by atoms with Gasteiger partial charge in [0.2, 0.25) is 5.88 Å². The van der Waals surface area contributed by atoms with E-state index in [0.29, 0.717) is 31.1 Å². The van der Waals surface area contributed by atoms with Gasteiger partial charge < -0.3 is 19.3 Å². The lowest BCUT2D eigenvalue weighted by molar-refractivity contribution is 0.0740. The van der Waals surface area contributed by atoms with E-state index in [0.717, 1.165) is 37.5 Å². The summed E-state index contributed by atoms with van der Waals surface area (Å²) in [6.07, 6.45) is 2.57. The quantitative estimate of drug-likeness (QED) is 0.849. The molecule has 0 atom stereocenters. The first kappa shape index (κ1) is 15.8. The molecule has 0 bridgehead atoms. The van der Waals surface area contributed by atoms with Gasteiger partial charge in [-0.1, -0.05) is 6.07 Å². The standard InChI is InChI=1S/C18H22N4O3/c1-24-15-5-2-4-14(12-15)20-7-9-21(10-8-20)17(23)16-13-19-22-6-3-11-25-18(16)22/h2,4-5,12-13H,3,6-11H2,1H3. The second-order valence-corrected chi connectivity index (χ2v) is 6.27. The zero-order chi connectivity index (χ0) is 17.2. The number of aromatic nitrogens is 2. The van der Waals surface area contributed by atoms with E-state index in [1.54, 1.807) is 18.0 Å². The van der Waals surface area contributed by atoms with Crippen molar-refractivity contribution in [1.82, 2.24) is 14.7 Å². The summed E-state index contributed by atoms with van der Waals surface area (Å²) in [5, 5.41) is 4.27. The van der Waals surface area contributed by atoms with Gasteiger partial charge in [0.1, 0.15) is 11.3 Å². The van der Waals surface area contributed by atoms with Crippen LogP contribution in [-0.2, 0) is 6.54 Å². The summed E-state index contributed by atoms with van der Waals surface area (Å²) in [6, 6.07) is 8.02. The van der Waals surface area contributed by atoms with Gasteiger partial charge in [-0.2, -0.15) is 5.10 Å². The fourth-order valence-electron chi connectivity index (χ4n) is 3.36. The molecule has 0 radical (unpaired) electrons. The number of aryl methyl sites for hydroxylation is 1. The van der Waals surface area contributed by atoms with Gasteiger partial charge in [0.05, 0.1) is 19.9 Å². The number of hydrogen-bond acceptors (Lipinski definition) is 5. The van der Waals surface area contributed by atoms with Gasteiger partial charge in [-0.05, 0) is 12.1 Å². The third kappa shape index (κ3) is 3.01. The summed E-state index contributed by atoms with van der Waals surface area (Å²) in [5.41, 5.74) is 1.70. The molecule has 7 heteroatoms. The molecular weight excluding hydrogens is 320 g/mol. The Morgan fingerprint density at radius 2 is 2.04 bits per heavy atom. The third-order valence-corrected chi connectivity index (χ3v) is 4.76. The summed E-state index contributed by atoms with van der Waals surface area (Å²) < 4.78 is 12.7. The number of methoxy groups -OCH3 is 1. The average molecular weight is 342 g/mol. The maximum absolute atomic E-state index is 12.8. The topological polar surface area (TPSA) is 59.8 Å². The highest BCUT2D eigenvalue weighted by Crippen LogP contribution is 2.26. The van der Waals surface area contributed by atoms with Crippen LogP contribution < -0.4 is 14.4 Å². The molecule has 25 heavy (non-hydrogen) atoms. The first-order chi connectivity index (χ1) is 12.3. The minimum absolute atomic E-state index is 0.00782. The number of rotatable bonds is 3. The van der Waals surface area contributed by atoms with E-state index in [2.05, 4.69) is 16.1 Å². The fourth-order valence-corrected chi connectivity index (χ4v) is 3.36. The van der Waals surface area contributed by atoms with Crippen molar-refractivity contribution < 1.29 is 14.3 Å². The monoisotopic (exact) mass is 342 g/mol. The third-order valence-electron chi connectivity index (χ3n) is 4.76. The Hall–Kier alpha value is -2.70. The van der Waals surface area contributed by atoms with Crippen molar-refractivity contribution in [3.63, 3.8) is 0 Å². The first-order valence-corrected chi connectivity index (χ1v) is 8.63. The Labute approximate surface area is 146 Å². The van der Waals surface area contributed by atoms with Crippen LogP contribution in [0.5, 0.6) is 11.6 Å². The lowest BCUT2D eigenvalue weighted by Crippen LogP contribution is -2.48. The number of fused-ring (bicyclic) bond motifs is 1. The van der Waals surface area contributed by atoms with Crippen LogP contribution in [0.4, 0.5) is 5.69 Å². The highest BCUT2D eigenvalue weighted by molar-refractivity contribution is 5.96. The number of anilines is 1. The number of amides is 1. The molecule has 1 aromatic carbocycles. The zero-order valence-electron chi connectivity index (χ0n) is 14.4. The van der Waals surface area contributed by atoms with E-state index in [-0.39, 0.29) is 5.91 Å². The van der Waals surface area contributed by atoms with Crippen molar-refractivity contribution in [2.75, 3.05) is 44.8 Å². The number of hydrogen-bond donors (Lipinski definition) is 0. The summed E-state index contributed by atoms with van der Waals surface area (Å²) in [7, 11) is 1.67. The predicted octanol–water partition coefficient (Wildman–Crippen LogP) is 1.64. The molecule has 2 aromatic rings. The molecular formula is C18H22N4O3. The van der Waals surface area contributed by atoms with Crippen LogP contribution in [0, 0.1) is 0 Å². The molecule has 2 aliphatic heterocycles. The van der Waals surface area contributed by atoms with E-state index in [4.69, 9.17) is 9.47 Å². The summed E-state index contributed by atoms with van der Waals surface area (Å²) in [4.78, 5) is 17.0. The highest BCUT2D eigenvalue weighted by Gasteiger charge is 2.28. The van der Waals surface area contributed by atoms with Crippen LogP contribution in [-0.4, -0.2) is 60.5 Å². The maximum Gasteiger partial charge on any atom is 0.261 e. The van der Waals surface area contributed by atoms with Crippen molar-refractivity contribution in [2.24, 2.45) is 0 Å². The van der Waals surface area contributed by atoms with Crippen LogP contribution in [0.3, 0.4) is 0 Å². The van der Waals surface area contributed by atoms with E-state index in [9.17, 15) is 4.79 Å². The van der Waals surface area contributed by atoms with Crippen molar-refractivity contribution in [2.45, 2.75) is 13.0 Å². The second kappa shape index (κ2) is 6.66. The van der Waals surface area contributed by atoms with Crippen LogP contribution in [0.15, 0.2) is 30.5 Å². The van der Waals surface area contributed by atoms with Crippen LogP contribution in [0.1, 0.15) is 16.8 Å². The van der Waals surface area contributed by atoms with E-state index >= 15 is 0 Å². The zero-order valence-corrected chi connectivity index (χ0v) is 14.4. The van der Waals surface area contributed by atoms with Gasteiger partial charge in [0.15, 0.2) is 0 Å². The van der Waals surface area contributed by atoms with Gasteiger partial charge in [-0.3, -0.25) is 4.79 Å². The number of benzene rings is 1.